The van der Waals surface area contributed by atoms with Crippen molar-refractivity contribution in [3.05, 3.63) is 11.8 Å². The summed E-state index contributed by atoms with van der Waals surface area (Å²) in [4.78, 5) is 3.71. The topological polar surface area (TPSA) is 6.48 Å². The van der Waals surface area contributed by atoms with Crippen LogP contribution in [0.25, 0.3) is 0 Å². The van der Waals surface area contributed by atoms with Crippen LogP contribution in [0.3, 0.4) is 0 Å². The SMILES string of the molecule is FC(F)(F)CN1CCCN(C2=CC2)CC1. The van der Waals surface area contributed by atoms with E-state index in [0.717, 1.165) is 25.9 Å². The molecule has 2 rings (SSSR count). The summed E-state index contributed by atoms with van der Waals surface area (Å²) in [6.45, 7) is 1.96. The van der Waals surface area contributed by atoms with Crippen molar-refractivity contribution in [1.82, 2.24) is 9.80 Å². The molecule has 0 aromatic rings. The monoisotopic (exact) mass is 220 g/mol. The molecule has 1 aliphatic carbocycles. The Morgan fingerprint density at radius 2 is 1.87 bits per heavy atom. The van der Waals surface area contributed by atoms with E-state index in [-0.39, 0.29) is 0 Å². The van der Waals surface area contributed by atoms with Crippen LogP contribution >= 0.6 is 0 Å². The van der Waals surface area contributed by atoms with Crippen LogP contribution < -0.4 is 0 Å². The van der Waals surface area contributed by atoms with E-state index in [1.54, 1.807) is 0 Å². The Morgan fingerprint density at radius 1 is 1.13 bits per heavy atom. The highest BCUT2D eigenvalue weighted by Gasteiger charge is 2.31. The number of hydrogen-bond acceptors (Lipinski definition) is 2. The lowest BCUT2D eigenvalue weighted by Gasteiger charge is -2.22. The Hall–Kier alpha value is -0.710. The third-order valence-corrected chi connectivity index (χ3v) is 2.78. The number of alkyl halides is 3. The Morgan fingerprint density at radius 3 is 2.47 bits per heavy atom. The minimum absolute atomic E-state index is 0.525. The van der Waals surface area contributed by atoms with Crippen LogP contribution in [0.5, 0.6) is 0 Å². The van der Waals surface area contributed by atoms with E-state index in [1.165, 1.54) is 10.6 Å². The van der Waals surface area contributed by atoms with Crippen LogP contribution in [-0.2, 0) is 0 Å². The van der Waals surface area contributed by atoms with Gasteiger partial charge in [0.05, 0.1) is 6.54 Å². The fourth-order valence-electron chi connectivity index (χ4n) is 1.97. The van der Waals surface area contributed by atoms with Crippen LogP contribution in [0.1, 0.15) is 12.8 Å². The summed E-state index contributed by atoms with van der Waals surface area (Å²) >= 11 is 0. The third-order valence-electron chi connectivity index (χ3n) is 2.78. The van der Waals surface area contributed by atoms with Crippen LogP contribution in [-0.4, -0.2) is 48.7 Å². The molecule has 0 unspecified atom stereocenters. The first-order valence-corrected chi connectivity index (χ1v) is 5.28. The highest BCUT2D eigenvalue weighted by atomic mass is 19.4. The zero-order valence-electron chi connectivity index (χ0n) is 8.56. The molecule has 1 heterocycles. The summed E-state index contributed by atoms with van der Waals surface area (Å²) < 4.78 is 36.5. The summed E-state index contributed by atoms with van der Waals surface area (Å²) in [6.07, 6.45) is -0.0832. The molecule has 86 valence electrons. The zero-order valence-corrected chi connectivity index (χ0v) is 8.56. The molecule has 2 nitrogen and oxygen atoms in total. The van der Waals surface area contributed by atoms with Crippen LogP contribution in [0.15, 0.2) is 11.8 Å². The fourth-order valence-corrected chi connectivity index (χ4v) is 1.97. The van der Waals surface area contributed by atoms with Gasteiger partial charge in [0.1, 0.15) is 0 Å². The van der Waals surface area contributed by atoms with Gasteiger partial charge in [0.15, 0.2) is 0 Å². The van der Waals surface area contributed by atoms with E-state index in [2.05, 4.69) is 11.0 Å². The van der Waals surface area contributed by atoms with E-state index in [4.69, 9.17) is 0 Å². The minimum atomic E-state index is -4.06. The molecule has 0 radical (unpaired) electrons. The molecule has 0 saturated carbocycles. The van der Waals surface area contributed by atoms with Crippen molar-refractivity contribution in [2.24, 2.45) is 0 Å². The van der Waals surface area contributed by atoms with Gasteiger partial charge in [-0.1, -0.05) is 6.08 Å². The van der Waals surface area contributed by atoms with Crippen molar-refractivity contribution in [3.63, 3.8) is 0 Å². The second-order valence-electron chi connectivity index (χ2n) is 4.13. The number of halogens is 3. The summed E-state index contributed by atoms with van der Waals surface area (Å²) in [5.41, 5.74) is 1.31. The van der Waals surface area contributed by atoms with Gasteiger partial charge >= 0.3 is 6.18 Å². The highest BCUT2D eigenvalue weighted by molar-refractivity contribution is 5.20. The average Bonchev–Trinajstić information content (AvgIpc) is 2.85. The predicted octanol–water partition coefficient (Wildman–Crippen LogP) is 1.84. The maximum Gasteiger partial charge on any atom is 0.401 e. The standard InChI is InChI=1S/C10H15F3N2/c11-10(12,13)8-14-4-1-5-15(7-6-14)9-2-3-9/h2H,1,3-8H2. The Balaban J connectivity index is 1.81. The van der Waals surface area contributed by atoms with Crippen molar-refractivity contribution in [1.29, 1.82) is 0 Å². The normalized spacial score (nSPS) is 23.7. The first-order valence-electron chi connectivity index (χ1n) is 5.28. The van der Waals surface area contributed by atoms with E-state index >= 15 is 0 Å². The first kappa shape index (κ1) is 10.8. The predicted molar refractivity (Wildman–Crippen MR) is 51.4 cm³/mol. The number of hydrogen-bond donors (Lipinski definition) is 0. The smallest absolute Gasteiger partial charge is 0.373 e. The summed E-state index contributed by atoms with van der Waals surface area (Å²) in [7, 11) is 0. The van der Waals surface area contributed by atoms with Crippen molar-refractivity contribution in [2.75, 3.05) is 32.7 Å². The molecule has 1 aliphatic heterocycles. The molecule has 0 amide bonds. The summed E-state index contributed by atoms with van der Waals surface area (Å²) in [5.74, 6) is 0. The van der Waals surface area contributed by atoms with E-state index in [1.807, 2.05) is 0 Å². The van der Waals surface area contributed by atoms with Crippen LogP contribution in [0.4, 0.5) is 13.2 Å². The van der Waals surface area contributed by atoms with Gasteiger partial charge in [0.25, 0.3) is 0 Å². The van der Waals surface area contributed by atoms with Crippen LogP contribution in [0, 0.1) is 0 Å². The first-order chi connectivity index (χ1) is 7.04. The van der Waals surface area contributed by atoms with Gasteiger partial charge in [0.2, 0.25) is 0 Å². The molecule has 0 bridgehead atoms. The van der Waals surface area contributed by atoms with E-state index in [0.29, 0.717) is 13.1 Å². The molecule has 0 N–H and O–H groups in total. The zero-order chi connectivity index (χ0) is 10.9. The third kappa shape index (κ3) is 3.41. The average molecular weight is 220 g/mol. The van der Waals surface area contributed by atoms with Gasteiger partial charge in [-0.3, -0.25) is 4.90 Å². The van der Waals surface area contributed by atoms with E-state index in [9.17, 15) is 13.2 Å². The summed E-state index contributed by atoms with van der Waals surface area (Å²) in [5, 5.41) is 0. The van der Waals surface area contributed by atoms with Gasteiger partial charge in [0, 0.05) is 38.3 Å². The Labute approximate surface area is 87.3 Å². The maximum absolute atomic E-state index is 12.2. The van der Waals surface area contributed by atoms with Crippen LogP contribution in [0.2, 0.25) is 0 Å². The second kappa shape index (κ2) is 4.04. The Bertz CT molecular complexity index is 260. The van der Waals surface area contributed by atoms with Gasteiger partial charge in [-0.2, -0.15) is 13.2 Å². The molecule has 1 fully saturated rings. The molecule has 15 heavy (non-hydrogen) atoms. The number of rotatable bonds is 2. The molecule has 0 aromatic heterocycles. The number of nitrogens with zero attached hydrogens (tertiary/aromatic N) is 2. The molecule has 2 aliphatic rings. The quantitative estimate of drug-likeness (QED) is 0.700. The van der Waals surface area contributed by atoms with Gasteiger partial charge in [-0.25, -0.2) is 0 Å². The van der Waals surface area contributed by atoms with Gasteiger partial charge in [-0.15, -0.1) is 0 Å². The molecule has 0 atom stereocenters. The maximum atomic E-state index is 12.2. The lowest BCUT2D eigenvalue weighted by atomic mass is 10.4. The Kier molecular flexibility index (Phi) is 2.91. The van der Waals surface area contributed by atoms with Crippen molar-refractivity contribution < 1.29 is 13.2 Å². The second-order valence-corrected chi connectivity index (χ2v) is 4.13. The van der Waals surface area contributed by atoms with Gasteiger partial charge < -0.3 is 4.90 Å². The number of allylic oxidation sites excluding steroid dienone is 2. The van der Waals surface area contributed by atoms with Crippen molar-refractivity contribution >= 4 is 0 Å². The highest BCUT2D eigenvalue weighted by Crippen LogP contribution is 2.25. The molecular weight excluding hydrogens is 205 g/mol. The summed E-state index contributed by atoms with van der Waals surface area (Å²) in [6, 6.07) is 0. The molecule has 0 aromatic carbocycles. The van der Waals surface area contributed by atoms with Crippen molar-refractivity contribution in [2.45, 2.75) is 19.0 Å². The minimum Gasteiger partial charge on any atom is -0.373 e. The molecule has 1 saturated heterocycles. The van der Waals surface area contributed by atoms with Gasteiger partial charge in [-0.05, 0) is 6.42 Å². The van der Waals surface area contributed by atoms with Crippen molar-refractivity contribution in [3.8, 4) is 0 Å². The van der Waals surface area contributed by atoms with E-state index < -0.39 is 12.7 Å². The largest absolute Gasteiger partial charge is 0.401 e. The molecular formula is C10H15F3N2. The molecule has 5 heteroatoms. The lowest BCUT2D eigenvalue weighted by Crippen LogP contribution is -2.36. The lowest BCUT2D eigenvalue weighted by molar-refractivity contribution is -0.145. The molecule has 0 spiro atoms. The fraction of sp³-hybridized carbons (Fsp3) is 0.800.